The van der Waals surface area contributed by atoms with Crippen molar-refractivity contribution in [3.63, 3.8) is 0 Å². The first kappa shape index (κ1) is 13.1. The molecule has 3 rings (SSSR count). The van der Waals surface area contributed by atoms with Gasteiger partial charge in [-0.05, 0) is 42.5 Å². The molecular formula is C16H24N2O. The van der Waals surface area contributed by atoms with E-state index in [1.807, 2.05) is 0 Å². The molecule has 0 spiro atoms. The lowest BCUT2D eigenvalue weighted by atomic mass is 9.98. The molecule has 0 amide bonds. The minimum absolute atomic E-state index is 0.796. The van der Waals surface area contributed by atoms with Crippen LogP contribution in [0.4, 0.5) is 0 Å². The molecule has 104 valence electrons. The summed E-state index contributed by atoms with van der Waals surface area (Å²) in [6, 6.07) is 7.83. The summed E-state index contributed by atoms with van der Waals surface area (Å²) in [5.41, 5.74) is 4.47. The zero-order chi connectivity index (χ0) is 13.1. The number of nitrogens with zero attached hydrogens (tertiary/aromatic N) is 1. The third kappa shape index (κ3) is 3.35. The van der Waals surface area contributed by atoms with Gasteiger partial charge < -0.3 is 10.1 Å². The highest BCUT2D eigenvalue weighted by Crippen LogP contribution is 2.28. The van der Waals surface area contributed by atoms with E-state index in [4.69, 9.17) is 4.74 Å². The van der Waals surface area contributed by atoms with E-state index in [-0.39, 0.29) is 0 Å². The summed E-state index contributed by atoms with van der Waals surface area (Å²) in [6.07, 6.45) is 3.89. The lowest BCUT2D eigenvalue weighted by molar-refractivity contribution is 0.139. The second-order valence-corrected chi connectivity index (χ2v) is 5.72. The van der Waals surface area contributed by atoms with Gasteiger partial charge in [0.15, 0.2) is 0 Å². The highest BCUT2D eigenvalue weighted by molar-refractivity contribution is 5.33. The van der Waals surface area contributed by atoms with Crippen LogP contribution in [0.2, 0.25) is 0 Å². The highest BCUT2D eigenvalue weighted by Gasteiger charge is 2.28. The Morgan fingerprint density at radius 1 is 1.32 bits per heavy atom. The molecule has 1 N–H and O–H groups in total. The molecule has 3 heteroatoms. The van der Waals surface area contributed by atoms with E-state index in [1.165, 1.54) is 36.0 Å². The Balaban J connectivity index is 1.67. The second kappa shape index (κ2) is 6.04. The van der Waals surface area contributed by atoms with Crippen LogP contribution in [-0.4, -0.2) is 37.7 Å². The van der Waals surface area contributed by atoms with Crippen LogP contribution in [0, 0.1) is 0 Å². The van der Waals surface area contributed by atoms with Crippen LogP contribution in [0.25, 0.3) is 0 Å². The van der Waals surface area contributed by atoms with Crippen molar-refractivity contribution in [3.8, 4) is 0 Å². The average Bonchev–Trinajstić information content (AvgIpc) is 3.28. The third-order valence-electron chi connectivity index (χ3n) is 4.19. The number of methoxy groups -OCH3 is 1. The fraction of sp³-hybridized carbons (Fsp3) is 0.625. The van der Waals surface area contributed by atoms with Crippen molar-refractivity contribution in [3.05, 3.63) is 34.9 Å². The van der Waals surface area contributed by atoms with Gasteiger partial charge in [0.2, 0.25) is 0 Å². The molecule has 1 saturated carbocycles. The zero-order valence-electron chi connectivity index (χ0n) is 11.8. The van der Waals surface area contributed by atoms with Gasteiger partial charge in [0.25, 0.3) is 0 Å². The van der Waals surface area contributed by atoms with Crippen LogP contribution in [0.3, 0.4) is 0 Å². The van der Waals surface area contributed by atoms with Gasteiger partial charge in [0.1, 0.15) is 0 Å². The largest absolute Gasteiger partial charge is 0.383 e. The van der Waals surface area contributed by atoms with Crippen molar-refractivity contribution in [2.24, 2.45) is 0 Å². The predicted octanol–water partition coefficient (Wildman–Crippen LogP) is 1.94. The Bertz CT molecular complexity index is 429. The Labute approximate surface area is 115 Å². The van der Waals surface area contributed by atoms with Crippen molar-refractivity contribution in [1.29, 1.82) is 0 Å². The Morgan fingerprint density at radius 3 is 3.00 bits per heavy atom. The molecule has 19 heavy (non-hydrogen) atoms. The number of hydrogen-bond donors (Lipinski definition) is 1. The number of ether oxygens (including phenoxy) is 1. The van der Waals surface area contributed by atoms with Gasteiger partial charge in [-0.15, -0.1) is 0 Å². The van der Waals surface area contributed by atoms with Gasteiger partial charge in [-0.1, -0.05) is 18.2 Å². The topological polar surface area (TPSA) is 24.5 Å². The molecule has 1 aromatic rings. The molecule has 1 aliphatic carbocycles. The van der Waals surface area contributed by atoms with E-state index in [0.717, 1.165) is 38.8 Å². The van der Waals surface area contributed by atoms with E-state index in [2.05, 4.69) is 28.4 Å². The maximum Gasteiger partial charge on any atom is 0.0589 e. The standard InChI is InChI=1S/C16H24N2O/c1-19-9-8-18(16-4-5-16)12-13-2-3-14-6-7-17-11-15(14)10-13/h2-3,10,16-17H,4-9,11-12H2,1H3. The quantitative estimate of drug-likeness (QED) is 0.846. The molecular weight excluding hydrogens is 236 g/mol. The monoisotopic (exact) mass is 260 g/mol. The molecule has 2 aliphatic rings. The number of hydrogen-bond acceptors (Lipinski definition) is 3. The van der Waals surface area contributed by atoms with E-state index in [9.17, 15) is 0 Å². The number of benzene rings is 1. The fourth-order valence-corrected chi connectivity index (χ4v) is 2.91. The Hall–Kier alpha value is -0.900. The Kier molecular flexibility index (Phi) is 4.16. The molecule has 3 nitrogen and oxygen atoms in total. The van der Waals surface area contributed by atoms with Gasteiger partial charge in [-0.2, -0.15) is 0 Å². The summed E-state index contributed by atoms with van der Waals surface area (Å²) >= 11 is 0. The first-order valence-corrected chi connectivity index (χ1v) is 7.41. The van der Waals surface area contributed by atoms with Crippen LogP contribution < -0.4 is 5.32 Å². The summed E-state index contributed by atoms with van der Waals surface area (Å²) in [5, 5.41) is 3.46. The molecule has 0 radical (unpaired) electrons. The van der Waals surface area contributed by atoms with Crippen molar-refractivity contribution in [1.82, 2.24) is 10.2 Å². The number of fused-ring (bicyclic) bond motifs is 1. The summed E-state index contributed by atoms with van der Waals surface area (Å²) < 4.78 is 5.23. The SMILES string of the molecule is COCCN(Cc1ccc2c(c1)CNCC2)C1CC1. The highest BCUT2D eigenvalue weighted by atomic mass is 16.5. The van der Waals surface area contributed by atoms with E-state index in [1.54, 1.807) is 7.11 Å². The molecule has 0 atom stereocenters. The number of rotatable bonds is 6. The molecule has 0 aromatic heterocycles. The van der Waals surface area contributed by atoms with Crippen molar-refractivity contribution in [2.45, 2.75) is 38.4 Å². The lowest BCUT2D eigenvalue weighted by Gasteiger charge is -2.23. The van der Waals surface area contributed by atoms with Crippen molar-refractivity contribution >= 4 is 0 Å². The molecule has 1 aliphatic heterocycles. The van der Waals surface area contributed by atoms with Gasteiger partial charge in [0, 0.05) is 32.8 Å². The van der Waals surface area contributed by atoms with Crippen LogP contribution in [-0.2, 0) is 24.2 Å². The van der Waals surface area contributed by atoms with Crippen LogP contribution >= 0.6 is 0 Å². The van der Waals surface area contributed by atoms with Crippen LogP contribution in [0.15, 0.2) is 18.2 Å². The summed E-state index contributed by atoms with van der Waals surface area (Å²) in [4.78, 5) is 2.57. The molecule has 0 unspecified atom stereocenters. The average molecular weight is 260 g/mol. The smallest absolute Gasteiger partial charge is 0.0589 e. The molecule has 1 heterocycles. The molecule has 0 bridgehead atoms. The van der Waals surface area contributed by atoms with Gasteiger partial charge >= 0.3 is 0 Å². The predicted molar refractivity (Wildman–Crippen MR) is 77.2 cm³/mol. The minimum atomic E-state index is 0.796. The van der Waals surface area contributed by atoms with Crippen molar-refractivity contribution in [2.75, 3.05) is 26.8 Å². The fourth-order valence-electron chi connectivity index (χ4n) is 2.91. The van der Waals surface area contributed by atoms with E-state index < -0.39 is 0 Å². The normalized spacial score (nSPS) is 18.6. The zero-order valence-corrected chi connectivity index (χ0v) is 11.8. The Morgan fingerprint density at radius 2 is 2.21 bits per heavy atom. The molecule has 1 fully saturated rings. The third-order valence-corrected chi connectivity index (χ3v) is 4.19. The maximum absolute atomic E-state index is 5.23. The van der Waals surface area contributed by atoms with Gasteiger partial charge in [-0.3, -0.25) is 4.90 Å². The first-order valence-electron chi connectivity index (χ1n) is 7.41. The summed E-state index contributed by atoms with van der Waals surface area (Å²) in [7, 11) is 1.79. The van der Waals surface area contributed by atoms with Crippen molar-refractivity contribution < 1.29 is 4.74 Å². The second-order valence-electron chi connectivity index (χ2n) is 5.72. The van der Waals surface area contributed by atoms with Crippen LogP contribution in [0.1, 0.15) is 29.5 Å². The van der Waals surface area contributed by atoms with Gasteiger partial charge in [0.05, 0.1) is 6.61 Å². The maximum atomic E-state index is 5.23. The van der Waals surface area contributed by atoms with E-state index >= 15 is 0 Å². The molecule has 1 aromatic carbocycles. The minimum Gasteiger partial charge on any atom is -0.383 e. The summed E-state index contributed by atoms with van der Waals surface area (Å²) in [5.74, 6) is 0. The first-order chi connectivity index (χ1) is 9.36. The van der Waals surface area contributed by atoms with Gasteiger partial charge in [-0.25, -0.2) is 0 Å². The lowest BCUT2D eigenvalue weighted by Crippen LogP contribution is -2.29. The molecule has 0 saturated heterocycles. The van der Waals surface area contributed by atoms with E-state index in [0.29, 0.717) is 0 Å². The number of nitrogens with one attached hydrogen (secondary N) is 1. The summed E-state index contributed by atoms with van der Waals surface area (Å²) in [6.45, 7) is 5.11. The van der Waals surface area contributed by atoms with Crippen LogP contribution in [0.5, 0.6) is 0 Å².